The third kappa shape index (κ3) is 4.30. The summed E-state index contributed by atoms with van der Waals surface area (Å²) in [6.45, 7) is 1.67. The van der Waals surface area contributed by atoms with Gasteiger partial charge in [-0.25, -0.2) is 0 Å². The van der Waals surface area contributed by atoms with E-state index in [1.807, 2.05) is 35.1 Å². The molecule has 1 amide bonds. The van der Waals surface area contributed by atoms with Gasteiger partial charge in [0.2, 0.25) is 5.91 Å². The van der Waals surface area contributed by atoms with E-state index in [9.17, 15) is 9.90 Å². The predicted octanol–water partition coefficient (Wildman–Crippen LogP) is 1.94. The van der Waals surface area contributed by atoms with Crippen molar-refractivity contribution < 1.29 is 9.90 Å². The van der Waals surface area contributed by atoms with Crippen molar-refractivity contribution in [1.82, 2.24) is 20.4 Å². The molecular formula is C22H24N4O2. The normalized spacial score (nSPS) is 18.9. The molecule has 1 saturated heterocycles. The number of amides is 1. The van der Waals surface area contributed by atoms with Gasteiger partial charge < -0.3 is 15.7 Å². The minimum atomic E-state index is -0.441. The van der Waals surface area contributed by atoms with Crippen molar-refractivity contribution in [2.45, 2.75) is 31.7 Å². The zero-order valence-corrected chi connectivity index (χ0v) is 15.6. The van der Waals surface area contributed by atoms with Crippen molar-refractivity contribution in [2.24, 2.45) is 0 Å². The number of nitrogens with one attached hydrogen (secondary N) is 2. The molecule has 144 valence electrons. The topological polar surface area (TPSA) is 79.2 Å². The molecule has 2 unspecified atom stereocenters. The van der Waals surface area contributed by atoms with Gasteiger partial charge in [0, 0.05) is 25.5 Å². The van der Waals surface area contributed by atoms with Gasteiger partial charge in [-0.3, -0.25) is 9.48 Å². The van der Waals surface area contributed by atoms with Crippen molar-refractivity contribution in [3.63, 3.8) is 0 Å². The number of β-amino-alcohol motifs (C(OH)–C–C–N with tert-alkyl or cyclic N) is 1. The molecular weight excluding hydrogens is 352 g/mol. The molecule has 2 aromatic carbocycles. The summed E-state index contributed by atoms with van der Waals surface area (Å²) in [6, 6.07) is 18.1. The zero-order chi connectivity index (χ0) is 19.3. The van der Waals surface area contributed by atoms with Crippen molar-refractivity contribution in [2.75, 3.05) is 6.54 Å². The van der Waals surface area contributed by atoms with Crippen LogP contribution >= 0.6 is 0 Å². The minimum absolute atomic E-state index is 0.0686. The SMILES string of the molecule is O=C(NCc1ccccc1-c1ccc(Cn2cccn2)cc1)C1CC(O)CN1. The Morgan fingerprint density at radius 2 is 2.00 bits per heavy atom. The highest BCUT2D eigenvalue weighted by molar-refractivity contribution is 5.82. The largest absolute Gasteiger partial charge is 0.392 e. The number of carbonyl (C=O) groups excluding carboxylic acids is 1. The van der Waals surface area contributed by atoms with Gasteiger partial charge in [-0.05, 0) is 34.7 Å². The van der Waals surface area contributed by atoms with Crippen LogP contribution in [0.2, 0.25) is 0 Å². The molecule has 4 rings (SSSR count). The smallest absolute Gasteiger partial charge is 0.237 e. The summed E-state index contributed by atoms with van der Waals surface area (Å²) in [7, 11) is 0. The molecule has 2 atom stereocenters. The highest BCUT2D eigenvalue weighted by Gasteiger charge is 2.27. The average Bonchev–Trinajstić information content (AvgIpc) is 3.39. The van der Waals surface area contributed by atoms with E-state index in [0.29, 0.717) is 19.5 Å². The number of hydrogen-bond acceptors (Lipinski definition) is 4. The number of aliphatic hydroxyl groups is 1. The fourth-order valence-corrected chi connectivity index (χ4v) is 3.55. The van der Waals surface area contributed by atoms with Crippen LogP contribution in [0.5, 0.6) is 0 Å². The first kappa shape index (κ1) is 18.4. The number of aromatic nitrogens is 2. The minimum Gasteiger partial charge on any atom is -0.392 e. The monoisotopic (exact) mass is 376 g/mol. The molecule has 1 fully saturated rings. The summed E-state index contributed by atoms with van der Waals surface area (Å²) in [5, 5.41) is 19.9. The molecule has 1 aromatic heterocycles. The molecule has 0 saturated carbocycles. The van der Waals surface area contributed by atoms with Gasteiger partial charge in [0.05, 0.1) is 18.7 Å². The van der Waals surface area contributed by atoms with Crippen molar-refractivity contribution in [3.05, 3.63) is 78.1 Å². The number of benzene rings is 2. The second-order valence-electron chi connectivity index (χ2n) is 7.13. The first-order valence-corrected chi connectivity index (χ1v) is 9.53. The molecule has 3 N–H and O–H groups in total. The summed E-state index contributed by atoms with van der Waals surface area (Å²) in [4.78, 5) is 12.3. The lowest BCUT2D eigenvalue weighted by atomic mass is 9.98. The van der Waals surface area contributed by atoms with Gasteiger partial charge in [0.15, 0.2) is 0 Å². The zero-order valence-electron chi connectivity index (χ0n) is 15.6. The number of rotatable bonds is 6. The maximum absolute atomic E-state index is 12.3. The van der Waals surface area contributed by atoms with E-state index in [2.05, 4.69) is 46.1 Å². The molecule has 2 heterocycles. The number of nitrogens with zero attached hydrogens (tertiary/aromatic N) is 2. The highest BCUT2D eigenvalue weighted by Crippen LogP contribution is 2.24. The molecule has 0 radical (unpaired) electrons. The van der Waals surface area contributed by atoms with Gasteiger partial charge >= 0.3 is 0 Å². The maximum Gasteiger partial charge on any atom is 0.237 e. The molecule has 28 heavy (non-hydrogen) atoms. The van der Waals surface area contributed by atoms with Crippen LogP contribution in [-0.4, -0.2) is 39.5 Å². The Morgan fingerprint density at radius 3 is 2.71 bits per heavy atom. The number of aliphatic hydroxyl groups excluding tert-OH is 1. The molecule has 3 aromatic rings. The van der Waals surface area contributed by atoms with Crippen molar-refractivity contribution in [3.8, 4) is 11.1 Å². The van der Waals surface area contributed by atoms with E-state index in [4.69, 9.17) is 0 Å². The molecule has 1 aliphatic rings. The van der Waals surface area contributed by atoms with Crippen molar-refractivity contribution in [1.29, 1.82) is 0 Å². The van der Waals surface area contributed by atoms with Gasteiger partial charge in [-0.1, -0.05) is 48.5 Å². The lowest BCUT2D eigenvalue weighted by molar-refractivity contribution is -0.123. The van der Waals surface area contributed by atoms with Crippen LogP contribution in [0.3, 0.4) is 0 Å². The van der Waals surface area contributed by atoms with E-state index in [-0.39, 0.29) is 11.9 Å². The van der Waals surface area contributed by atoms with Crippen LogP contribution in [0.25, 0.3) is 11.1 Å². The number of hydrogen-bond donors (Lipinski definition) is 3. The highest BCUT2D eigenvalue weighted by atomic mass is 16.3. The third-order valence-electron chi connectivity index (χ3n) is 5.06. The Labute approximate surface area is 164 Å². The molecule has 6 nitrogen and oxygen atoms in total. The Hall–Kier alpha value is -2.96. The van der Waals surface area contributed by atoms with Crippen molar-refractivity contribution >= 4 is 5.91 Å². The van der Waals surface area contributed by atoms with Gasteiger partial charge in [0.1, 0.15) is 0 Å². The van der Waals surface area contributed by atoms with E-state index in [1.54, 1.807) is 6.20 Å². The average molecular weight is 376 g/mol. The summed E-state index contributed by atoms with van der Waals surface area (Å²) in [5.74, 6) is -0.0686. The Kier molecular flexibility index (Phi) is 5.50. The van der Waals surface area contributed by atoms with Gasteiger partial charge in [-0.15, -0.1) is 0 Å². The van der Waals surface area contributed by atoms with E-state index >= 15 is 0 Å². The summed E-state index contributed by atoms with van der Waals surface area (Å²) in [6.07, 6.45) is 3.75. The summed E-state index contributed by atoms with van der Waals surface area (Å²) < 4.78 is 1.90. The van der Waals surface area contributed by atoms with E-state index in [1.165, 1.54) is 5.56 Å². The van der Waals surface area contributed by atoms with E-state index < -0.39 is 6.10 Å². The molecule has 0 aliphatic carbocycles. The maximum atomic E-state index is 12.3. The van der Waals surface area contributed by atoms with Crippen LogP contribution in [0, 0.1) is 0 Å². The van der Waals surface area contributed by atoms with E-state index in [0.717, 1.165) is 23.2 Å². The van der Waals surface area contributed by atoms with Crippen LogP contribution in [0.4, 0.5) is 0 Å². The lowest BCUT2D eigenvalue weighted by Gasteiger charge is -2.14. The van der Waals surface area contributed by atoms with Crippen LogP contribution in [0.1, 0.15) is 17.5 Å². The van der Waals surface area contributed by atoms with Gasteiger partial charge in [-0.2, -0.15) is 5.10 Å². The molecule has 6 heteroatoms. The molecule has 1 aliphatic heterocycles. The summed E-state index contributed by atoms with van der Waals surface area (Å²) in [5.41, 5.74) is 4.47. The van der Waals surface area contributed by atoms with Crippen LogP contribution in [0.15, 0.2) is 67.0 Å². The third-order valence-corrected chi connectivity index (χ3v) is 5.06. The molecule has 0 spiro atoms. The fourth-order valence-electron chi connectivity index (χ4n) is 3.55. The Balaban J connectivity index is 1.44. The van der Waals surface area contributed by atoms with Crippen LogP contribution in [-0.2, 0) is 17.9 Å². The van der Waals surface area contributed by atoms with Crippen LogP contribution < -0.4 is 10.6 Å². The lowest BCUT2D eigenvalue weighted by Crippen LogP contribution is -2.40. The first-order valence-electron chi connectivity index (χ1n) is 9.53. The number of carbonyl (C=O) groups is 1. The fraction of sp³-hybridized carbons (Fsp3) is 0.273. The second kappa shape index (κ2) is 8.37. The second-order valence-corrected chi connectivity index (χ2v) is 7.13. The Bertz CT molecular complexity index is 922. The predicted molar refractivity (Wildman–Crippen MR) is 107 cm³/mol. The molecule has 0 bridgehead atoms. The van der Waals surface area contributed by atoms with Gasteiger partial charge in [0.25, 0.3) is 0 Å². The summed E-state index contributed by atoms with van der Waals surface area (Å²) >= 11 is 0. The quantitative estimate of drug-likeness (QED) is 0.614. The standard InChI is InChI=1S/C22H24N4O2/c27-19-12-21(23-14-19)22(28)24-13-18-4-1-2-5-20(18)17-8-6-16(7-9-17)15-26-11-3-10-25-26/h1-11,19,21,23,27H,12-15H2,(H,24,28). The first-order chi connectivity index (χ1) is 13.7. The Morgan fingerprint density at radius 1 is 1.18 bits per heavy atom.